The second kappa shape index (κ2) is 7.12. The highest BCUT2D eigenvalue weighted by atomic mass is 32.2. The first-order valence-electron chi connectivity index (χ1n) is 5.31. The van der Waals surface area contributed by atoms with Crippen molar-refractivity contribution >= 4 is 17.7 Å². The summed E-state index contributed by atoms with van der Waals surface area (Å²) in [6, 6.07) is 0. The number of likely N-dealkylation sites (N-methyl/N-ethyl adjacent to an activating group) is 1. The molecule has 0 aromatic heterocycles. The Labute approximate surface area is 97.3 Å². The quantitative estimate of drug-likeness (QED) is 0.538. The fraction of sp³-hybridized carbons (Fsp3) is 0.909. The summed E-state index contributed by atoms with van der Waals surface area (Å²) in [5, 5.41) is 3.03. The number of rotatable bonds is 7. The Kier molecular flexibility index (Phi) is 7.02. The lowest BCUT2D eigenvalue weighted by molar-refractivity contribution is -0.147. The molecule has 0 aromatic carbocycles. The van der Waals surface area contributed by atoms with Gasteiger partial charge >= 0.3 is 5.97 Å². The van der Waals surface area contributed by atoms with E-state index in [-0.39, 0.29) is 5.97 Å². The van der Waals surface area contributed by atoms with E-state index in [0.29, 0.717) is 5.92 Å². The molecule has 15 heavy (non-hydrogen) atoms. The van der Waals surface area contributed by atoms with Gasteiger partial charge in [0.05, 0.1) is 7.11 Å². The van der Waals surface area contributed by atoms with E-state index >= 15 is 0 Å². The lowest BCUT2D eigenvalue weighted by atomic mass is 10.00. The predicted octanol–water partition coefficient (Wildman–Crippen LogP) is 1.92. The molecule has 0 fully saturated rings. The van der Waals surface area contributed by atoms with E-state index in [1.165, 1.54) is 7.11 Å². The van der Waals surface area contributed by atoms with Crippen LogP contribution in [0.5, 0.6) is 0 Å². The van der Waals surface area contributed by atoms with Crippen molar-refractivity contribution in [1.29, 1.82) is 0 Å². The number of ether oxygens (including phenoxy) is 1. The van der Waals surface area contributed by atoms with Gasteiger partial charge in [0, 0.05) is 0 Å². The summed E-state index contributed by atoms with van der Waals surface area (Å²) in [6.45, 7) is 6.28. The molecule has 0 aromatic rings. The summed E-state index contributed by atoms with van der Waals surface area (Å²) >= 11 is 1.88. The van der Waals surface area contributed by atoms with Crippen molar-refractivity contribution < 1.29 is 9.53 Å². The van der Waals surface area contributed by atoms with Crippen LogP contribution in [0.2, 0.25) is 0 Å². The van der Waals surface area contributed by atoms with E-state index in [2.05, 4.69) is 19.2 Å². The maximum absolute atomic E-state index is 11.5. The number of carbonyl (C=O) groups is 1. The second-order valence-corrected chi connectivity index (χ2v) is 5.44. The van der Waals surface area contributed by atoms with Crippen molar-refractivity contribution in [3.8, 4) is 0 Å². The lowest BCUT2D eigenvalue weighted by Crippen LogP contribution is -2.48. The molecule has 0 rings (SSSR count). The Balaban J connectivity index is 3.94. The first-order valence-corrected chi connectivity index (χ1v) is 6.47. The molecule has 1 atom stereocenters. The molecular formula is C11H23NO2S. The summed E-state index contributed by atoms with van der Waals surface area (Å²) in [7, 11) is 3.23. The molecule has 0 saturated heterocycles. The molecule has 0 saturated carbocycles. The fourth-order valence-electron chi connectivity index (χ4n) is 1.15. The van der Waals surface area contributed by atoms with Gasteiger partial charge in [0.15, 0.2) is 0 Å². The molecule has 3 nitrogen and oxygen atoms in total. The number of hydrogen-bond donors (Lipinski definition) is 1. The zero-order valence-electron chi connectivity index (χ0n) is 10.4. The highest BCUT2D eigenvalue weighted by Gasteiger charge is 2.31. The SMILES string of the molecule is CNC(C)(CCSCC(C)C)C(=O)OC. The normalized spacial score (nSPS) is 15.1. The summed E-state index contributed by atoms with van der Waals surface area (Å²) in [5.41, 5.74) is -0.543. The summed E-state index contributed by atoms with van der Waals surface area (Å²) in [4.78, 5) is 11.5. The van der Waals surface area contributed by atoms with Gasteiger partial charge in [-0.25, -0.2) is 0 Å². The smallest absolute Gasteiger partial charge is 0.325 e. The number of esters is 1. The fourth-order valence-corrected chi connectivity index (χ4v) is 2.34. The summed E-state index contributed by atoms with van der Waals surface area (Å²) < 4.78 is 4.77. The van der Waals surface area contributed by atoms with Crippen molar-refractivity contribution in [1.82, 2.24) is 5.32 Å². The van der Waals surface area contributed by atoms with Gasteiger partial charge in [-0.15, -0.1) is 0 Å². The molecule has 0 heterocycles. The first-order chi connectivity index (χ1) is 6.96. The highest BCUT2D eigenvalue weighted by Crippen LogP contribution is 2.17. The standard InChI is InChI=1S/C11H23NO2S/c1-9(2)8-15-7-6-11(3,12-4)10(13)14-5/h9,12H,6-8H2,1-5H3. The zero-order chi connectivity index (χ0) is 11.9. The third kappa shape index (κ3) is 5.42. The van der Waals surface area contributed by atoms with Gasteiger partial charge in [0.2, 0.25) is 0 Å². The average Bonchev–Trinajstić information content (AvgIpc) is 2.22. The van der Waals surface area contributed by atoms with E-state index in [1.54, 1.807) is 7.05 Å². The van der Waals surface area contributed by atoms with Crippen molar-refractivity contribution in [2.75, 3.05) is 25.7 Å². The monoisotopic (exact) mass is 233 g/mol. The van der Waals surface area contributed by atoms with Crippen LogP contribution in [-0.2, 0) is 9.53 Å². The Morgan fingerprint density at radius 1 is 1.53 bits per heavy atom. The minimum Gasteiger partial charge on any atom is -0.468 e. The Morgan fingerprint density at radius 3 is 2.53 bits per heavy atom. The number of hydrogen-bond acceptors (Lipinski definition) is 4. The third-order valence-corrected chi connectivity index (χ3v) is 3.78. The third-order valence-electron chi connectivity index (χ3n) is 2.39. The molecule has 0 amide bonds. The first kappa shape index (κ1) is 14.8. The van der Waals surface area contributed by atoms with Crippen molar-refractivity contribution in [3.05, 3.63) is 0 Å². The number of carbonyl (C=O) groups excluding carboxylic acids is 1. The minimum atomic E-state index is -0.543. The van der Waals surface area contributed by atoms with E-state index in [1.807, 2.05) is 18.7 Å². The van der Waals surface area contributed by atoms with Gasteiger partial charge in [-0.05, 0) is 37.8 Å². The lowest BCUT2D eigenvalue weighted by Gasteiger charge is -2.25. The van der Waals surface area contributed by atoms with Crippen molar-refractivity contribution in [2.45, 2.75) is 32.7 Å². The average molecular weight is 233 g/mol. The van der Waals surface area contributed by atoms with Crippen LogP contribution in [0.1, 0.15) is 27.2 Å². The number of thioether (sulfide) groups is 1. The largest absolute Gasteiger partial charge is 0.468 e. The van der Waals surface area contributed by atoms with Crippen LogP contribution in [0.15, 0.2) is 0 Å². The molecule has 0 bridgehead atoms. The Bertz CT molecular complexity index is 197. The van der Waals surface area contributed by atoms with E-state index < -0.39 is 5.54 Å². The summed E-state index contributed by atoms with van der Waals surface area (Å²) in [6.07, 6.45) is 0.799. The zero-order valence-corrected chi connectivity index (χ0v) is 11.2. The van der Waals surface area contributed by atoms with Gasteiger partial charge in [-0.1, -0.05) is 13.8 Å². The highest BCUT2D eigenvalue weighted by molar-refractivity contribution is 7.99. The molecule has 1 unspecified atom stereocenters. The molecule has 90 valence electrons. The van der Waals surface area contributed by atoms with Gasteiger partial charge in [-0.3, -0.25) is 4.79 Å². The van der Waals surface area contributed by atoms with Crippen LogP contribution in [0, 0.1) is 5.92 Å². The van der Waals surface area contributed by atoms with Gasteiger partial charge in [0.25, 0.3) is 0 Å². The molecule has 0 spiro atoms. The molecule has 0 aliphatic carbocycles. The van der Waals surface area contributed by atoms with Gasteiger partial charge in [0.1, 0.15) is 5.54 Å². The maximum Gasteiger partial charge on any atom is 0.325 e. The van der Waals surface area contributed by atoms with Gasteiger partial charge < -0.3 is 10.1 Å². The van der Waals surface area contributed by atoms with E-state index in [9.17, 15) is 4.79 Å². The maximum atomic E-state index is 11.5. The van der Waals surface area contributed by atoms with Crippen LogP contribution in [-0.4, -0.2) is 37.2 Å². The number of nitrogens with one attached hydrogen (secondary N) is 1. The van der Waals surface area contributed by atoms with Crippen LogP contribution < -0.4 is 5.32 Å². The molecule has 0 aliphatic rings. The Hall–Kier alpha value is -0.220. The minimum absolute atomic E-state index is 0.185. The molecule has 4 heteroatoms. The van der Waals surface area contributed by atoms with Crippen molar-refractivity contribution in [3.63, 3.8) is 0 Å². The van der Waals surface area contributed by atoms with Gasteiger partial charge in [-0.2, -0.15) is 11.8 Å². The predicted molar refractivity (Wildman–Crippen MR) is 66.3 cm³/mol. The topological polar surface area (TPSA) is 38.3 Å². The van der Waals surface area contributed by atoms with Crippen molar-refractivity contribution in [2.24, 2.45) is 5.92 Å². The van der Waals surface area contributed by atoms with Crippen LogP contribution >= 0.6 is 11.8 Å². The summed E-state index contributed by atoms with van der Waals surface area (Å²) in [5.74, 6) is 2.63. The van der Waals surface area contributed by atoms with Crippen LogP contribution in [0.25, 0.3) is 0 Å². The van der Waals surface area contributed by atoms with Crippen LogP contribution in [0.4, 0.5) is 0 Å². The van der Waals surface area contributed by atoms with Crippen LogP contribution in [0.3, 0.4) is 0 Å². The molecule has 0 aliphatic heterocycles. The van der Waals surface area contributed by atoms with E-state index in [4.69, 9.17) is 4.74 Å². The molecular weight excluding hydrogens is 210 g/mol. The molecule has 0 radical (unpaired) electrons. The van der Waals surface area contributed by atoms with E-state index in [0.717, 1.165) is 17.9 Å². The number of methoxy groups -OCH3 is 1. The molecule has 1 N–H and O–H groups in total. The second-order valence-electron chi connectivity index (χ2n) is 4.29. The Morgan fingerprint density at radius 2 is 2.13 bits per heavy atom.